The van der Waals surface area contributed by atoms with Crippen molar-refractivity contribution in [3.63, 3.8) is 0 Å². The van der Waals surface area contributed by atoms with Crippen molar-refractivity contribution in [3.05, 3.63) is 96.1 Å². The van der Waals surface area contributed by atoms with Gasteiger partial charge in [0, 0.05) is 30.4 Å². The summed E-state index contributed by atoms with van der Waals surface area (Å²) in [4.78, 5) is 29.6. The standard InChI is InChI=1S/C23H18N4O2/c1-16-9-11-25-22(12-16)21-8-6-18(14-27-21)23(28)29-15-17-5-7-20(26-13-17)19-4-2-3-10-24-19/h2-14H,15H2,1H3. The summed E-state index contributed by atoms with van der Waals surface area (Å²) in [5.41, 5.74) is 5.33. The smallest absolute Gasteiger partial charge is 0.340 e. The number of esters is 1. The Morgan fingerprint density at radius 1 is 0.793 bits per heavy atom. The lowest BCUT2D eigenvalue weighted by atomic mass is 10.2. The first-order chi connectivity index (χ1) is 14.2. The fraction of sp³-hybridized carbons (Fsp3) is 0.0870. The highest BCUT2D eigenvalue weighted by atomic mass is 16.5. The van der Waals surface area contributed by atoms with Gasteiger partial charge in [-0.05, 0) is 55.0 Å². The molecule has 4 aromatic rings. The van der Waals surface area contributed by atoms with E-state index in [0.29, 0.717) is 11.3 Å². The molecule has 142 valence electrons. The van der Waals surface area contributed by atoms with E-state index in [1.54, 1.807) is 30.7 Å². The summed E-state index contributed by atoms with van der Waals surface area (Å²) in [7, 11) is 0. The lowest BCUT2D eigenvalue weighted by Gasteiger charge is -2.06. The number of aromatic nitrogens is 4. The largest absolute Gasteiger partial charge is 0.457 e. The molecule has 0 aliphatic rings. The predicted molar refractivity (Wildman–Crippen MR) is 109 cm³/mol. The van der Waals surface area contributed by atoms with Crippen LogP contribution in [0.3, 0.4) is 0 Å². The maximum Gasteiger partial charge on any atom is 0.340 e. The summed E-state index contributed by atoms with van der Waals surface area (Å²) in [6.07, 6.45) is 6.65. The van der Waals surface area contributed by atoms with Crippen LogP contribution < -0.4 is 0 Å². The van der Waals surface area contributed by atoms with Crippen LogP contribution in [0.2, 0.25) is 0 Å². The fourth-order valence-corrected chi connectivity index (χ4v) is 2.75. The third-order valence-corrected chi connectivity index (χ3v) is 4.30. The van der Waals surface area contributed by atoms with Gasteiger partial charge < -0.3 is 4.74 Å². The lowest BCUT2D eigenvalue weighted by Crippen LogP contribution is -2.06. The van der Waals surface area contributed by atoms with Gasteiger partial charge in [0.2, 0.25) is 0 Å². The Hall–Kier alpha value is -3.93. The van der Waals surface area contributed by atoms with Crippen LogP contribution in [0.1, 0.15) is 21.5 Å². The molecular formula is C23H18N4O2. The Balaban J connectivity index is 1.38. The molecule has 6 nitrogen and oxygen atoms in total. The summed E-state index contributed by atoms with van der Waals surface area (Å²) in [6, 6.07) is 16.7. The van der Waals surface area contributed by atoms with Crippen molar-refractivity contribution < 1.29 is 9.53 Å². The quantitative estimate of drug-likeness (QED) is 0.480. The minimum Gasteiger partial charge on any atom is -0.457 e. The Labute approximate surface area is 168 Å². The first-order valence-corrected chi connectivity index (χ1v) is 9.11. The van der Waals surface area contributed by atoms with Crippen molar-refractivity contribution in [1.82, 2.24) is 19.9 Å². The van der Waals surface area contributed by atoms with Gasteiger partial charge in [-0.25, -0.2) is 4.79 Å². The molecule has 0 aliphatic heterocycles. The van der Waals surface area contributed by atoms with Crippen molar-refractivity contribution in [2.75, 3.05) is 0 Å². The van der Waals surface area contributed by atoms with Crippen LogP contribution in [0.25, 0.3) is 22.8 Å². The van der Waals surface area contributed by atoms with Gasteiger partial charge in [-0.1, -0.05) is 12.1 Å². The van der Waals surface area contributed by atoms with Crippen LogP contribution in [0.15, 0.2) is 79.4 Å². The topological polar surface area (TPSA) is 77.9 Å². The zero-order valence-electron chi connectivity index (χ0n) is 15.8. The van der Waals surface area contributed by atoms with Gasteiger partial charge in [0.15, 0.2) is 0 Å². The molecular weight excluding hydrogens is 364 g/mol. The molecule has 4 heterocycles. The van der Waals surface area contributed by atoms with Crippen molar-refractivity contribution in [1.29, 1.82) is 0 Å². The molecule has 4 rings (SSSR count). The highest BCUT2D eigenvalue weighted by Gasteiger charge is 2.10. The molecule has 0 unspecified atom stereocenters. The van der Waals surface area contributed by atoms with Crippen LogP contribution in [-0.2, 0) is 11.3 Å². The molecule has 0 amide bonds. The number of hydrogen-bond acceptors (Lipinski definition) is 6. The molecule has 0 aliphatic carbocycles. The van der Waals surface area contributed by atoms with Gasteiger partial charge in [-0.2, -0.15) is 0 Å². The Morgan fingerprint density at radius 2 is 1.55 bits per heavy atom. The number of aryl methyl sites for hydroxylation is 1. The van der Waals surface area contributed by atoms with E-state index in [9.17, 15) is 4.79 Å². The zero-order chi connectivity index (χ0) is 20.1. The third kappa shape index (κ3) is 4.50. The molecule has 0 spiro atoms. The van der Waals surface area contributed by atoms with Crippen LogP contribution in [0, 0.1) is 6.92 Å². The van der Waals surface area contributed by atoms with Crippen molar-refractivity contribution in [3.8, 4) is 22.8 Å². The Morgan fingerprint density at radius 3 is 2.24 bits per heavy atom. The monoisotopic (exact) mass is 382 g/mol. The summed E-state index contributed by atoms with van der Waals surface area (Å²) < 4.78 is 5.37. The van der Waals surface area contributed by atoms with Gasteiger partial charge in [-0.15, -0.1) is 0 Å². The normalized spacial score (nSPS) is 10.5. The van der Waals surface area contributed by atoms with Crippen LogP contribution in [0.4, 0.5) is 0 Å². The molecule has 0 bridgehead atoms. The summed E-state index contributed by atoms with van der Waals surface area (Å²) in [5.74, 6) is -0.435. The first kappa shape index (κ1) is 18.4. The third-order valence-electron chi connectivity index (χ3n) is 4.30. The lowest BCUT2D eigenvalue weighted by molar-refractivity contribution is 0.0472. The minimum absolute atomic E-state index is 0.134. The van der Waals surface area contributed by atoms with E-state index in [4.69, 9.17) is 4.74 Å². The summed E-state index contributed by atoms with van der Waals surface area (Å²) in [5, 5.41) is 0. The number of hydrogen-bond donors (Lipinski definition) is 0. The molecule has 4 aromatic heterocycles. The van der Waals surface area contributed by atoms with E-state index in [1.165, 1.54) is 6.20 Å². The molecule has 6 heteroatoms. The maximum absolute atomic E-state index is 12.3. The maximum atomic E-state index is 12.3. The Bertz CT molecular complexity index is 1110. The van der Waals surface area contributed by atoms with Crippen LogP contribution in [0.5, 0.6) is 0 Å². The number of carbonyl (C=O) groups excluding carboxylic acids is 1. The van der Waals surface area contributed by atoms with Crippen LogP contribution in [-0.4, -0.2) is 25.9 Å². The second-order valence-corrected chi connectivity index (χ2v) is 6.49. The van der Waals surface area contributed by atoms with Gasteiger partial charge >= 0.3 is 5.97 Å². The molecule has 0 radical (unpaired) electrons. The summed E-state index contributed by atoms with van der Waals surface area (Å²) >= 11 is 0. The van der Waals surface area contributed by atoms with Gasteiger partial charge in [0.1, 0.15) is 6.61 Å². The molecule has 0 saturated carbocycles. The van der Waals surface area contributed by atoms with Gasteiger partial charge in [-0.3, -0.25) is 19.9 Å². The van der Waals surface area contributed by atoms with Gasteiger partial charge in [0.05, 0.1) is 28.3 Å². The molecule has 0 aromatic carbocycles. The van der Waals surface area contributed by atoms with E-state index in [0.717, 1.165) is 28.2 Å². The number of carbonyl (C=O) groups is 1. The van der Waals surface area contributed by atoms with Gasteiger partial charge in [0.25, 0.3) is 0 Å². The van der Waals surface area contributed by atoms with Crippen molar-refractivity contribution in [2.45, 2.75) is 13.5 Å². The number of pyridine rings is 4. The average molecular weight is 382 g/mol. The zero-order valence-corrected chi connectivity index (χ0v) is 15.8. The minimum atomic E-state index is -0.435. The SMILES string of the molecule is Cc1ccnc(-c2ccc(C(=O)OCc3ccc(-c4ccccn4)nc3)cn2)c1. The second kappa shape index (κ2) is 8.39. The average Bonchev–Trinajstić information content (AvgIpc) is 2.78. The highest BCUT2D eigenvalue weighted by Crippen LogP contribution is 2.17. The number of rotatable bonds is 5. The van der Waals surface area contributed by atoms with Crippen LogP contribution >= 0.6 is 0 Å². The molecule has 0 N–H and O–H groups in total. The summed E-state index contributed by atoms with van der Waals surface area (Å²) in [6.45, 7) is 2.13. The molecule has 0 fully saturated rings. The molecule has 0 saturated heterocycles. The van der Waals surface area contributed by atoms with E-state index < -0.39 is 5.97 Å². The number of ether oxygens (including phenoxy) is 1. The molecule has 0 atom stereocenters. The van der Waals surface area contributed by atoms with E-state index in [1.807, 2.05) is 49.4 Å². The van der Waals surface area contributed by atoms with E-state index in [2.05, 4.69) is 19.9 Å². The van der Waals surface area contributed by atoms with E-state index in [-0.39, 0.29) is 6.61 Å². The van der Waals surface area contributed by atoms with Crippen molar-refractivity contribution >= 4 is 5.97 Å². The Kier molecular flexibility index (Phi) is 5.33. The molecule has 29 heavy (non-hydrogen) atoms. The van der Waals surface area contributed by atoms with E-state index >= 15 is 0 Å². The first-order valence-electron chi connectivity index (χ1n) is 9.11. The highest BCUT2D eigenvalue weighted by molar-refractivity contribution is 5.89. The van der Waals surface area contributed by atoms with Crippen molar-refractivity contribution in [2.24, 2.45) is 0 Å². The number of nitrogens with zero attached hydrogens (tertiary/aromatic N) is 4. The second-order valence-electron chi connectivity index (χ2n) is 6.49. The fourth-order valence-electron chi connectivity index (χ4n) is 2.75. The predicted octanol–water partition coefficient (Wildman–Crippen LogP) is 4.27.